The minimum Gasteiger partial charge on any atom is -0.478 e. The van der Waals surface area contributed by atoms with Gasteiger partial charge in [-0.15, -0.1) is 0 Å². The molecular weight excluding hydrogens is 462 g/mol. The molecule has 0 amide bonds. The Bertz CT molecular complexity index is 1650. The van der Waals surface area contributed by atoms with Crippen LogP contribution in [0.4, 0.5) is 5.69 Å². The minimum absolute atomic E-state index is 0.0180. The molecule has 0 aliphatic carbocycles. The molecule has 0 aliphatic heterocycles. The maximum absolute atomic E-state index is 13.1. The van der Waals surface area contributed by atoms with Crippen LogP contribution in [0.1, 0.15) is 10.4 Å². The number of aromatic carboxylic acids is 1. The number of carboxylic acid groups (broad SMARTS) is 1. The summed E-state index contributed by atoms with van der Waals surface area (Å²) in [5.41, 5.74) is 3.83. The van der Waals surface area contributed by atoms with Crippen molar-refractivity contribution in [1.29, 1.82) is 0 Å². The molecule has 0 aliphatic rings. The number of aromatic nitrogens is 2. The molecule has 8 heteroatoms. The molecule has 7 nitrogen and oxygen atoms in total. The van der Waals surface area contributed by atoms with Crippen LogP contribution in [0.2, 0.25) is 0 Å². The smallest absolute Gasteiger partial charge is 0.337 e. The Kier molecular flexibility index (Phi) is 5.72. The fraction of sp³-hybridized carbons (Fsp3) is 0. The second kappa shape index (κ2) is 9.00. The molecule has 0 spiro atoms. The Morgan fingerprint density at radius 3 is 1.83 bits per heavy atom. The highest BCUT2D eigenvalue weighted by atomic mass is 32.2. The summed E-state index contributed by atoms with van der Waals surface area (Å²) in [5.74, 6) is -1.23. The van der Waals surface area contributed by atoms with Gasteiger partial charge in [0.25, 0.3) is 10.0 Å². The summed E-state index contributed by atoms with van der Waals surface area (Å²) in [6.07, 6.45) is 0. The quantitative estimate of drug-likeness (QED) is 0.333. The van der Waals surface area contributed by atoms with E-state index in [1.54, 1.807) is 12.1 Å². The molecule has 0 saturated carbocycles. The van der Waals surface area contributed by atoms with E-state index in [-0.39, 0.29) is 16.1 Å². The molecular formula is C27H19N3O4S. The summed E-state index contributed by atoms with van der Waals surface area (Å²) in [7, 11) is -4.08. The summed E-state index contributed by atoms with van der Waals surface area (Å²) in [6, 6.07) is 29.5. The molecule has 5 aromatic rings. The van der Waals surface area contributed by atoms with E-state index >= 15 is 0 Å². The normalized spacial score (nSPS) is 11.3. The molecule has 0 atom stereocenters. The van der Waals surface area contributed by atoms with Crippen LogP contribution in [-0.4, -0.2) is 29.5 Å². The second-order valence-corrected chi connectivity index (χ2v) is 9.44. The van der Waals surface area contributed by atoms with Crippen LogP contribution in [0.5, 0.6) is 0 Å². The molecule has 1 heterocycles. The fourth-order valence-electron chi connectivity index (χ4n) is 3.76. The standard InChI is InChI=1S/C27H19N3O4S/c31-27(32)21-13-7-8-14-22(21)30-35(33,34)20-15-16-23-24(17-20)29-26(19-11-5-2-6-12-19)25(28-23)18-9-3-1-4-10-18/h1-17,30H,(H,31,32). The van der Waals surface area contributed by atoms with Crippen molar-refractivity contribution in [3.63, 3.8) is 0 Å². The number of fused-ring (bicyclic) bond motifs is 1. The maximum atomic E-state index is 13.1. The SMILES string of the molecule is O=C(O)c1ccccc1NS(=O)(=O)c1ccc2nc(-c3ccccc3)c(-c3ccccc3)nc2c1. The molecule has 0 saturated heterocycles. The molecule has 0 fully saturated rings. The number of para-hydroxylation sites is 1. The van der Waals surface area contributed by atoms with Gasteiger partial charge < -0.3 is 5.11 Å². The van der Waals surface area contributed by atoms with Crippen molar-refractivity contribution in [1.82, 2.24) is 9.97 Å². The molecule has 2 N–H and O–H groups in total. The first kappa shape index (κ1) is 22.2. The lowest BCUT2D eigenvalue weighted by Gasteiger charge is -2.13. The lowest BCUT2D eigenvalue weighted by molar-refractivity contribution is 0.0698. The van der Waals surface area contributed by atoms with Crippen molar-refractivity contribution in [3.05, 3.63) is 109 Å². The van der Waals surface area contributed by atoms with Gasteiger partial charge in [0.2, 0.25) is 0 Å². The van der Waals surface area contributed by atoms with Crippen LogP contribution in [0.3, 0.4) is 0 Å². The number of rotatable bonds is 6. The average molecular weight is 482 g/mol. The monoisotopic (exact) mass is 481 g/mol. The number of hydrogen-bond acceptors (Lipinski definition) is 5. The van der Waals surface area contributed by atoms with E-state index in [0.717, 1.165) is 11.1 Å². The van der Waals surface area contributed by atoms with Gasteiger partial charge in [-0.3, -0.25) is 4.72 Å². The molecule has 1 aromatic heterocycles. The zero-order valence-electron chi connectivity index (χ0n) is 18.3. The molecule has 4 aromatic carbocycles. The van der Waals surface area contributed by atoms with Gasteiger partial charge in [0, 0.05) is 11.1 Å². The van der Waals surface area contributed by atoms with Crippen LogP contribution < -0.4 is 4.72 Å². The van der Waals surface area contributed by atoms with Gasteiger partial charge in [0.1, 0.15) is 0 Å². The van der Waals surface area contributed by atoms with Crippen LogP contribution in [0.25, 0.3) is 33.5 Å². The van der Waals surface area contributed by atoms with Gasteiger partial charge in [-0.1, -0.05) is 72.8 Å². The fourth-order valence-corrected chi connectivity index (χ4v) is 4.86. The Labute approximate surface area is 201 Å². The first-order valence-corrected chi connectivity index (χ1v) is 12.2. The third-order valence-electron chi connectivity index (χ3n) is 5.44. The van der Waals surface area contributed by atoms with Gasteiger partial charge >= 0.3 is 5.97 Å². The number of sulfonamides is 1. The summed E-state index contributed by atoms with van der Waals surface area (Å²) < 4.78 is 28.6. The highest BCUT2D eigenvalue weighted by Crippen LogP contribution is 2.31. The Hall–Kier alpha value is -4.56. The number of nitrogens with zero attached hydrogens (tertiary/aromatic N) is 2. The van der Waals surface area contributed by atoms with E-state index in [0.29, 0.717) is 22.4 Å². The highest BCUT2D eigenvalue weighted by molar-refractivity contribution is 7.92. The largest absolute Gasteiger partial charge is 0.478 e. The molecule has 35 heavy (non-hydrogen) atoms. The maximum Gasteiger partial charge on any atom is 0.337 e. The van der Waals surface area contributed by atoms with Crippen LogP contribution in [0.15, 0.2) is 108 Å². The van der Waals surface area contributed by atoms with Crippen LogP contribution in [-0.2, 0) is 10.0 Å². The van der Waals surface area contributed by atoms with E-state index in [9.17, 15) is 18.3 Å². The van der Waals surface area contributed by atoms with Crippen molar-refractivity contribution in [2.24, 2.45) is 0 Å². The average Bonchev–Trinajstić information content (AvgIpc) is 2.88. The van der Waals surface area contributed by atoms with Gasteiger partial charge in [0.05, 0.1) is 38.6 Å². The van der Waals surface area contributed by atoms with E-state index in [2.05, 4.69) is 4.72 Å². The van der Waals surface area contributed by atoms with E-state index in [1.165, 1.54) is 30.3 Å². The first-order chi connectivity index (χ1) is 16.9. The summed E-state index contributed by atoms with van der Waals surface area (Å²) >= 11 is 0. The number of anilines is 1. The van der Waals surface area contributed by atoms with Crippen LogP contribution >= 0.6 is 0 Å². The third kappa shape index (κ3) is 4.47. The molecule has 0 radical (unpaired) electrons. The van der Waals surface area contributed by atoms with Crippen molar-refractivity contribution >= 4 is 32.7 Å². The summed E-state index contributed by atoms with van der Waals surface area (Å²) in [6.45, 7) is 0. The van der Waals surface area contributed by atoms with Gasteiger partial charge in [-0.05, 0) is 30.3 Å². The van der Waals surface area contributed by atoms with E-state index in [1.807, 2.05) is 60.7 Å². The summed E-state index contributed by atoms with van der Waals surface area (Å²) in [5, 5.41) is 9.38. The van der Waals surface area contributed by atoms with Crippen molar-refractivity contribution in [3.8, 4) is 22.5 Å². The number of carboxylic acids is 1. The van der Waals surface area contributed by atoms with Crippen molar-refractivity contribution in [2.75, 3.05) is 4.72 Å². The molecule has 172 valence electrons. The van der Waals surface area contributed by atoms with E-state index < -0.39 is 16.0 Å². The van der Waals surface area contributed by atoms with Crippen LogP contribution in [0, 0.1) is 0 Å². The molecule has 5 rings (SSSR count). The van der Waals surface area contributed by atoms with Gasteiger partial charge in [-0.2, -0.15) is 0 Å². The lowest BCUT2D eigenvalue weighted by Crippen LogP contribution is -2.15. The number of nitrogens with one attached hydrogen (secondary N) is 1. The van der Waals surface area contributed by atoms with Crippen molar-refractivity contribution < 1.29 is 18.3 Å². The van der Waals surface area contributed by atoms with Gasteiger partial charge in [-0.25, -0.2) is 23.2 Å². The predicted molar refractivity (Wildman–Crippen MR) is 135 cm³/mol. The highest BCUT2D eigenvalue weighted by Gasteiger charge is 2.20. The van der Waals surface area contributed by atoms with E-state index in [4.69, 9.17) is 9.97 Å². The number of carbonyl (C=O) groups is 1. The lowest BCUT2D eigenvalue weighted by atomic mass is 10.0. The van der Waals surface area contributed by atoms with Gasteiger partial charge in [0.15, 0.2) is 0 Å². The number of hydrogen-bond donors (Lipinski definition) is 2. The second-order valence-electron chi connectivity index (χ2n) is 7.76. The molecule has 0 bridgehead atoms. The Morgan fingerprint density at radius 2 is 1.23 bits per heavy atom. The van der Waals surface area contributed by atoms with Crippen molar-refractivity contribution in [2.45, 2.75) is 4.90 Å². The predicted octanol–water partition coefficient (Wildman–Crippen LogP) is 5.46. The minimum atomic E-state index is -4.08. The zero-order valence-corrected chi connectivity index (χ0v) is 19.1. The molecule has 0 unspecified atom stereocenters. The number of benzene rings is 4. The Balaban J connectivity index is 1.63. The topological polar surface area (TPSA) is 109 Å². The first-order valence-electron chi connectivity index (χ1n) is 10.7. The zero-order chi connectivity index (χ0) is 24.4. The Morgan fingerprint density at radius 1 is 0.686 bits per heavy atom. The summed E-state index contributed by atoms with van der Waals surface area (Å²) in [4.78, 5) is 21.0. The third-order valence-corrected chi connectivity index (χ3v) is 6.81.